The summed E-state index contributed by atoms with van der Waals surface area (Å²) < 4.78 is 0. The summed E-state index contributed by atoms with van der Waals surface area (Å²) in [5.74, 6) is 4.81. The molecule has 0 radical (unpaired) electrons. The molecule has 154 valence electrons. The molecule has 27 heavy (non-hydrogen) atoms. The van der Waals surface area contributed by atoms with Gasteiger partial charge in [-0.15, -0.1) is 0 Å². The zero-order valence-electron chi connectivity index (χ0n) is 18.1. The lowest BCUT2D eigenvalue weighted by atomic mass is 9.42. The lowest BCUT2D eigenvalue weighted by Gasteiger charge is -2.63. The van der Waals surface area contributed by atoms with E-state index in [9.17, 15) is 10.2 Å². The van der Waals surface area contributed by atoms with Gasteiger partial charge in [0.15, 0.2) is 0 Å². The van der Waals surface area contributed by atoms with Crippen LogP contribution in [0.25, 0.3) is 0 Å². The van der Waals surface area contributed by atoms with Gasteiger partial charge in [-0.3, -0.25) is 0 Å². The fraction of sp³-hybridized carbons (Fsp3) is 1.00. The summed E-state index contributed by atoms with van der Waals surface area (Å²) in [6.45, 7) is 10.1. The summed E-state index contributed by atoms with van der Waals surface area (Å²) >= 11 is 0. The SMILES string of the molecule is CC[C@]1(O)CC[C@@]2(C)[C@@H](CC[C@@H]3[C@@H]2CC[C@@]2(C)[C@H]3C[C@H]3C[C@]32C(C)CO)C1. The summed E-state index contributed by atoms with van der Waals surface area (Å²) in [4.78, 5) is 0. The quantitative estimate of drug-likeness (QED) is 0.693. The molecule has 5 rings (SSSR count). The summed E-state index contributed by atoms with van der Waals surface area (Å²) in [7, 11) is 0. The van der Waals surface area contributed by atoms with Crippen LogP contribution >= 0.6 is 0 Å². The van der Waals surface area contributed by atoms with E-state index in [0.717, 1.165) is 48.9 Å². The molecule has 5 fully saturated rings. The number of hydrogen-bond donors (Lipinski definition) is 2. The summed E-state index contributed by atoms with van der Waals surface area (Å²) in [6, 6.07) is 0. The van der Waals surface area contributed by atoms with Crippen LogP contribution in [0.4, 0.5) is 0 Å². The van der Waals surface area contributed by atoms with E-state index >= 15 is 0 Å². The predicted molar refractivity (Wildman–Crippen MR) is 109 cm³/mol. The van der Waals surface area contributed by atoms with Gasteiger partial charge in [-0.25, -0.2) is 0 Å². The molecule has 0 aliphatic heterocycles. The average Bonchev–Trinajstić information content (AvgIpc) is 3.34. The maximum Gasteiger partial charge on any atom is 0.0648 e. The Morgan fingerprint density at radius 3 is 2.44 bits per heavy atom. The lowest BCUT2D eigenvalue weighted by molar-refractivity contribution is -0.159. The topological polar surface area (TPSA) is 40.5 Å². The molecule has 5 aliphatic carbocycles. The number of aliphatic hydroxyl groups is 2. The van der Waals surface area contributed by atoms with E-state index in [1.54, 1.807) is 0 Å². The van der Waals surface area contributed by atoms with Gasteiger partial charge >= 0.3 is 0 Å². The van der Waals surface area contributed by atoms with Crippen molar-refractivity contribution in [1.82, 2.24) is 0 Å². The van der Waals surface area contributed by atoms with Gasteiger partial charge in [0.05, 0.1) is 5.60 Å². The third kappa shape index (κ3) is 2.21. The zero-order valence-corrected chi connectivity index (χ0v) is 18.1. The van der Waals surface area contributed by atoms with Crippen LogP contribution in [0.5, 0.6) is 0 Å². The van der Waals surface area contributed by atoms with Crippen LogP contribution in [0.15, 0.2) is 0 Å². The van der Waals surface area contributed by atoms with Crippen LogP contribution in [0.3, 0.4) is 0 Å². The summed E-state index contributed by atoms with van der Waals surface area (Å²) in [6.07, 6.45) is 12.6. The Morgan fingerprint density at radius 1 is 0.963 bits per heavy atom. The fourth-order valence-electron chi connectivity index (χ4n) is 9.95. The first kappa shape index (κ1) is 18.9. The molecule has 2 heteroatoms. The van der Waals surface area contributed by atoms with Gasteiger partial charge in [0.2, 0.25) is 0 Å². The van der Waals surface area contributed by atoms with Crippen molar-refractivity contribution in [2.75, 3.05) is 6.61 Å². The number of hydrogen-bond acceptors (Lipinski definition) is 2. The standard InChI is InChI=1S/C25H42O2/c1-5-24(27)11-10-22(3)17(13-24)6-7-19-20(22)8-9-23(4)21(19)12-18-14-25(18,23)16(2)15-26/h16-21,26-27H,5-15H2,1-4H3/t16?,17-,18-,19+,20-,21-,22-,23-,24-,25-/m0/s1. The van der Waals surface area contributed by atoms with Gasteiger partial charge in [0.25, 0.3) is 0 Å². The van der Waals surface area contributed by atoms with Crippen molar-refractivity contribution in [3.05, 3.63) is 0 Å². The minimum absolute atomic E-state index is 0.377. The van der Waals surface area contributed by atoms with E-state index in [1.807, 2.05) is 0 Å². The molecule has 2 N–H and O–H groups in total. The second-order valence-electron chi connectivity index (χ2n) is 12.2. The highest BCUT2D eigenvalue weighted by Crippen LogP contribution is 2.82. The van der Waals surface area contributed by atoms with Crippen molar-refractivity contribution in [3.8, 4) is 0 Å². The van der Waals surface area contributed by atoms with Gasteiger partial charge in [-0.2, -0.15) is 0 Å². The average molecular weight is 375 g/mol. The van der Waals surface area contributed by atoms with E-state index in [4.69, 9.17) is 0 Å². The van der Waals surface area contributed by atoms with Crippen molar-refractivity contribution in [2.45, 2.75) is 97.5 Å². The van der Waals surface area contributed by atoms with Gasteiger partial charge in [-0.05, 0) is 116 Å². The molecule has 0 bridgehead atoms. The smallest absolute Gasteiger partial charge is 0.0648 e. The maximum absolute atomic E-state index is 11.0. The molecule has 0 spiro atoms. The summed E-state index contributed by atoms with van der Waals surface area (Å²) in [5, 5.41) is 20.9. The third-order valence-corrected chi connectivity index (χ3v) is 11.8. The molecule has 0 saturated heterocycles. The first-order valence-electron chi connectivity index (χ1n) is 12.1. The van der Waals surface area contributed by atoms with Gasteiger partial charge in [-0.1, -0.05) is 27.7 Å². The van der Waals surface area contributed by atoms with Crippen LogP contribution in [0.2, 0.25) is 0 Å². The summed E-state index contributed by atoms with van der Waals surface area (Å²) in [5.41, 5.74) is 1.02. The normalized spacial score (nSPS) is 60.0. The number of fused-ring (bicyclic) bond motifs is 7. The van der Waals surface area contributed by atoms with E-state index < -0.39 is 0 Å². The van der Waals surface area contributed by atoms with Gasteiger partial charge in [0, 0.05) is 6.61 Å². The Balaban J connectivity index is 1.42. The molecule has 0 aromatic heterocycles. The fourth-order valence-corrected chi connectivity index (χ4v) is 9.95. The Hall–Kier alpha value is -0.0800. The van der Waals surface area contributed by atoms with Crippen molar-refractivity contribution in [2.24, 2.45) is 51.8 Å². The highest BCUT2D eigenvalue weighted by molar-refractivity contribution is 5.24. The lowest BCUT2D eigenvalue weighted by Crippen LogP contribution is -2.56. The number of rotatable bonds is 3. The molecule has 0 heterocycles. The minimum Gasteiger partial charge on any atom is -0.396 e. The predicted octanol–water partition coefficient (Wildman–Crippen LogP) is 5.41. The molecular formula is C25H42O2. The van der Waals surface area contributed by atoms with Gasteiger partial charge < -0.3 is 10.2 Å². The van der Waals surface area contributed by atoms with Crippen molar-refractivity contribution >= 4 is 0 Å². The first-order chi connectivity index (χ1) is 12.7. The second-order valence-corrected chi connectivity index (χ2v) is 12.2. The minimum atomic E-state index is -0.379. The largest absolute Gasteiger partial charge is 0.396 e. The molecule has 0 aromatic carbocycles. The molecular weight excluding hydrogens is 332 g/mol. The zero-order chi connectivity index (χ0) is 19.2. The molecule has 1 unspecified atom stereocenters. The molecule has 5 aliphatic rings. The van der Waals surface area contributed by atoms with Crippen LogP contribution in [0, 0.1) is 51.8 Å². The monoisotopic (exact) mass is 374 g/mol. The number of aliphatic hydroxyl groups excluding tert-OH is 1. The molecule has 0 aromatic rings. The van der Waals surface area contributed by atoms with Crippen molar-refractivity contribution < 1.29 is 10.2 Å². The van der Waals surface area contributed by atoms with Crippen molar-refractivity contribution in [3.63, 3.8) is 0 Å². The Labute approximate surface area is 166 Å². The molecule has 0 amide bonds. The molecule has 2 nitrogen and oxygen atoms in total. The highest BCUT2D eigenvalue weighted by Gasteiger charge is 2.76. The third-order valence-electron chi connectivity index (χ3n) is 11.8. The van der Waals surface area contributed by atoms with E-state index in [-0.39, 0.29) is 5.60 Å². The molecule has 5 saturated carbocycles. The van der Waals surface area contributed by atoms with Crippen LogP contribution in [0.1, 0.15) is 91.9 Å². The van der Waals surface area contributed by atoms with Crippen LogP contribution in [-0.2, 0) is 0 Å². The molecule has 10 atom stereocenters. The van der Waals surface area contributed by atoms with E-state index in [2.05, 4.69) is 27.7 Å². The van der Waals surface area contributed by atoms with Crippen molar-refractivity contribution in [1.29, 1.82) is 0 Å². The second kappa shape index (κ2) is 5.75. The Bertz CT molecular complexity index is 617. The van der Waals surface area contributed by atoms with Crippen LogP contribution < -0.4 is 0 Å². The maximum atomic E-state index is 11.0. The highest BCUT2D eigenvalue weighted by atomic mass is 16.3. The Morgan fingerprint density at radius 2 is 1.74 bits per heavy atom. The Kier molecular flexibility index (Phi) is 4.03. The van der Waals surface area contributed by atoms with E-state index in [0.29, 0.717) is 28.8 Å². The van der Waals surface area contributed by atoms with Gasteiger partial charge in [0.1, 0.15) is 0 Å². The van der Waals surface area contributed by atoms with E-state index in [1.165, 1.54) is 44.9 Å². The first-order valence-corrected chi connectivity index (χ1v) is 12.1. The van der Waals surface area contributed by atoms with Crippen LogP contribution in [-0.4, -0.2) is 22.4 Å².